The monoisotopic (exact) mass is 646 g/mol. The molecule has 0 spiro atoms. The molecule has 0 aromatic carbocycles. The van der Waals surface area contributed by atoms with E-state index in [2.05, 4.69) is 103 Å². The van der Waals surface area contributed by atoms with E-state index in [9.17, 15) is 4.79 Å². The van der Waals surface area contributed by atoms with Crippen LogP contribution in [0.1, 0.15) is 20.3 Å². The van der Waals surface area contributed by atoms with Gasteiger partial charge in [0.2, 0.25) is 0 Å². The molecule has 0 aromatic rings. The third-order valence-electron chi connectivity index (χ3n) is 3.77. The minimum absolute atomic E-state index is 0.192. The second-order valence-electron chi connectivity index (χ2n) is 13.5. The first-order valence-corrected chi connectivity index (χ1v) is 31.1. The van der Waals surface area contributed by atoms with Crippen LogP contribution in [0, 0.1) is 0 Å². The molecule has 0 aliphatic heterocycles. The zero-order valence-corrected chi connectivity index (χ0v) is 32.9. The Morgan fingerprint density at radius 2 is 1.11 bits per heavy atom. The van der Waals surface area contributed by atoms with Crippen LogP contribution in [-0.2, 0) is 30.1 Å². The first kappa shape index (κ1) is 40.4. The van der Waals surface area contributed by atoms with Gasteiger partial charge < -0.3 is 35.5 Å². The van der Waals surface area contributed by atoms with Crippen LogP contribution >= 0.6 is 0 Å². The Kier molecular flexibility index (Phi) is 17.0. The van der Waals surface area contributed by atoms with Crippen LogP contribution < -0.4 is 0 Å². The van der Waals surface area contributed by atoms with E-state index in [0.29, 0.717) is 0 Å². The lowest BCUT2D eigenvalue weighted by Crippen LogP contribution is -2.66. The highest BCUT2D eigenvalue weighted by Gasteiger charge is 2.55. The Labute approximate surface area is 239 Å². The van der Waals surface area contributed by atoms with Crippen molar-refractivity contribution in [3.8, 4) is 0 Å². The largest absolute Gasteiger partial charge is 0.472 e. The lowest BCUT2D eigenvalue weighted by Gasteiger charge is -2.46. The first-order chi connectivity index (χ1) is 16.7. The van der Waals surface area contributed by atoms with Gasteiger partial charge in [-0.15, -0.1) is 0 Å². The average Bonchev–Trinajstić information content (AvgIpc) is 2.59. The second kappa shape index (κ2) is 16.0. The van der Waals surface area contributed by atoms with Crippen molar-refractivity contribution in [3.05, 3.63) is 12.2 Å². The Morgan fingerprint density at radius 3 is 1.37 bits per heavy atom. The normalized spacial score (nSPS) is 14.4. The van der Waals surface area contributed by atoms with Crippen molar-refractivity contribution in [1.82, 2.24) is 0 Å². The van der Waals surface area contributed by atoms with E-state index >= 15 is 0 Å². The molecule has 0 aliphatic carbocycles. The maximum Gasteiger partial charge on any atom is 0.472 e. The van der Waals surface area contributed by atoms with Crippen LogP contribution in [0.2, 0.25) is 91.2 Å². The van der Waals surface area contributed by atoms with Crippen molar-refractivity contribution in [1.29, 1.82) is 0 Å². The van der Waals surface area contributed by atoms with Crippen LogP contribution in [0.15, 0.2) is 12.2 Å². The number of ether oxygens (including phenoxy) is 1. The molecule has 1 unspecified atom stereocenters. The van der Waals surface area contributed by atoms with Gasteiger partial charge in [-0.1, -0.05) is 19.9 Å². The summed E-state index contributed by atoms with van der Waals surface area (Å²) in [4.78, 5) is 10.6. The summed E-state index contributed by atoms with van der Waals surface area (Å²) in [6, 6.07) is 0.814. The van der Waals surface area contributed by atoms with E-state index in [1.807, 2.05) is 0 Å². The quantitative estimate of drug-likeness (QED) is 0.122. The standard InChI is InChI=1S/C16H46O5Si6.C7H12O4/c1-15-16-27(19-24(8,9)10,20-25(11,12)13)21-26(14,17-22(2,3)4)18-23(5,6)7;1-5(2)7(10)11-4-6(9)3-8/h15-16H2,1-14H3;6,8-9H,1,3-4H2,2H3. The minimum atomic E-state index is -2.92. The molecular weight excluding hydrogens is 589 g/mol. The van der Waals surface area contributed by atoms with Crippen molar-refractivity contribution in [2.45, 2.75) is 118 Å². The fraction of sp³-hybridized carbons (Fsp3) is 0.870. The third-order valence-corrected chi connectivity index (χ3v) is 22.9. The van der Waals surface area contributed by atoms with Gasteiger partial charge in [0.15, 0.2) is 33.3 Å². The maximum atomic E-state index is 10.6. The molecule has 0 saturated heterocycles. The van der Waals surface area contributed by atoms with Crippen molar-refractivity contribution in [2.24, 2.45) is 0 Å². The van der Waals surface area contributed by atoms with Crippen molar-refractivity contribution >= 4 is 56.8 Å². The van der Waals surface area contributed by atoms with Crippen molar-refractivity contribution in [3.63, 3.8) is 0 Å². The molecule has 38 heavy (non-hydrogen) atoms. The molecule has 15 heteroatoms. The van der Waals surface area contributed by atoms with Gasteiger partial charge in [-0.3, -0.25) is 0 Å². The summed E-state index contributed by atoms with van der Waals surface area (Å²) in [6.45, 7) is 34.9. The van der Waals surface area contributed by atoms with Gasteiger partial charge in [0.25, 0.3) is 0 Å². The summed E-state index contributed by atoms with van der Waals surface area (Å²) < 4.78 is 38.1. The number of aliphatic hydroxyl groups excluding tert-OH is 2. The number of hydrogen-bond acceptors (Lipinski definition) is 9. The summed E-state index contributed by atoms with van der Waals surface area (Å²) in [6.07, 6.45) is -0.0377. The first-order valence-electron chi connectivity index (χ1n) is 13.3. The molecule has 0 bridgehead atoms. The van der Waals surface area contributed by atoms with Crippen LogP contribution in [0.25, 0.3) is 0 Å². The lowest BCUT2D eigenvalue weighted by atomic mass is 10.3. The zero-order chi connectivity index (χ0) is 30.8. The number of hydrogen-bond donors (Lipinski definition) is 2. The summed E-state index contributed by atoms with van der Waals surface area (Å²) in [5.74, 6) is -0.558. The van der Waals surface area contributed by atoms with Gasteiger partial charge in [0, 0.05) is 18.2 Å². The van der Waals surface area contributed by atoms with Gasteiger partial charge in [0.1, 0.15) is 12.7 Å². The lowest BCUT2D eigenvalue weighted by molar-refractivity contribution is -0.142. The molecule has 0 radical (unpaired) electrons. The number of aliphatic hydroxyl groups is 2. The van der Waals surface area contributed by atoms with Crippen LogP contribution in [0.5, 0.6) is 0 Å². The van der Waals surface area contributed by atoms with E-state index in [0.717, 1.165) is 12.5 Å². The van der Waals surface area contributed by atoms with Gasteiger partial charge in [-0.2, -0.15) is 0 Å². The predicted molar refractivity (Wildman–Crippen MR) is 170 cm³/mol. The van der Waals surface area contributed by atoms with Gasteiger partial charge >= 0.3 is 23.6 Å². The molecule has 0 saturated carbocycles. The molecule has 9 nitrogen and oxygen atoms in total. The van der Waals surface area contributed by atoms with Crippen molar-refractivity contribution < 1.29 is 40.3 Å². The molecule has 0 fully saturated rings. The Bertz CT molecular complexity index is 693. The average molecular weight is 647 g/mol. The molecule has 2 N–H and O–H groups in total. The summed E-state index contributed by atoms with van der Waals surface area (Å²) in [5.41, 5.74) is 0.273. The Morgan fingerprint density at radius 1 is 0.737 bits per heavy atom. The topological polar surface area (TPSA) is 113 Å². The minimum Gasteiger partial charge on any atom is -0.460 e. The zero-order valence-electron chi connectivity index (χ0n) is 26.9. The van der Waals surface area contributed by atoms with Gasteiger partial charge in [0.05, 0.1) is 6.61 Å². The highest BCUT2D eigenvalue weighted by atomic mass is 28.5. The van der Waals surface area contributed by atoms with E-state index < -0.39 is 69.6 Å². The highest BCUT2D eigenvalue weighted by Crippen LogP contribution is 2.33. The molecule has 0 aromatic heterocycles. The van der Waals surface area contributed by atoms with Crippen LogP contribution in [0.3, 0.4) is 0 Å². The molecule has 228 valence electrons. The molecule has 0 heterocycles. The molecule has 1 atom stereocenters. The smallest absolute Gasteiger partial charge is 0.460 e. The fourth-order valence-corrected chi connectivity index (χ4v) is 27.0. The predicted octanol–water partition coefficient (Wildman–Crippen LogP) is 5.79. The Hall–Kier alpha value is 0.231. The number of rotatable bonds is 16. The molecule has 0 aliphatic rings. The maximum absolute atomic E-state index is 10.6. The second-order valence-corrected chi connectivity index (χ2v) is 38.0. The fourth-order valence-electron chi connectivity index (χ4n) is 3.26. The van der Waals surface area contributed by atoms with Crippen LogP contribution in [-0.4, -0.2) is 86.4 Å². The SMILES string of the molecule is C=C(C)C(=O)OCC(O)CO.CCC[Si](O[Si](C)(C)C)(O[Si](C)(C)C)O[Si](C)(O[Si](C)(C)C)O[Si](C)(C)C. The van der Waals surface area contributed by atoms with E-state index in [-0.39, 0.29) is 12.2 Å². The van der Waals surface area contributed by atoms with E-state index in [1.165, 1.54) is 6.92 Å². The molecule has 0 rings (SSSR count). The summed E-state index contributed by atoms with van der Waals surface area (Å²) in [5, 5.41) is 17.1. The molecule has 0 amide bonds. The van der Waals surface area contributed by atoms with Crippen LogP contribution in [0.4, 0.5) is 0 Å². The third kappa shape index (κ3) is 22.0. The highest BCUT2D eigenvalue weighted by molar-refractivity contribution is 6.92. The number of carbonyl (C=O) groups is 1. The number of esters is 1. The van der Waals surface area contributed by atoms with Crippen molar-refractivity contribution in [2.75, 3.05) is 13.2 Å². The van der Waals surface area contributed by atoms with Gasteiger partial charge in [-0.25, -0.2) is 4.79 Å². The molecular formula is C23H58O9Si6. The van der Waals surface area contributed by atoms with E-state index in [4.69, 9.17) is 30.8 Å². The Balaban J connectivity index is 0. The van der Waals surface area contributed by atoms with Gasteiger partial charge in [-0.05, 0) is 85.5 Å². The number of carbonyl (C=O) groups excluding carboxylic acids is 1. The summed E-state index contributed by atoms with van der Waals surface area (Å²) in [7, 11) is -13.3. The van der Waals surface area contributed by atoms with E-state index in [1.54, 1.807) is 0 Å². The summed E-state index contributed by atoms with van der Waals surface area (Å²) >= 11 is 0.